The van der Waals surface area contributed by atoms with E-state index in [1.165, 1.54) is 6.42 Å². The standard InChI is InChI=1S/C23H24N4O2/c1-17-6-5-15-27(16-17)23-24-14-13-21(26-23)22(28)25-18-9-11-20(12-10-18)29-19-7-3-2-4-8-19/h2-4,7-14,17H,5-6,15-16H2,1H3,(H,25,28). The first-order valence-electron chi connectivity index (χ1n) is 9.90. The van der Waals surface area contributed by atoms with Crippen LogP contribution in [0.2, 0.25) is 0 Å². The van der Waals surface area contributed by atoms with Gasteiger partial charge in [0.2, 0.25) is 5.95 Å². The van der Waals surface area contributed by atoms with Gasteiger partial charge < -0.3 is 15.0 Å². The monoisotopic (exact) mass is 388 g/mol. The van der Waals surface area contributed by atoms with Gasteiger partial charge in [-0.1, -0.05) is 25.1 Å². The Balaban J connectivity index is 1.41. The van der Waals surface area contributed by atoms with E-state index >= 15 is 0 Å². The number of nitrogens with zero attached hydrogens (tertiary/aromatic N) is 3. The second-order valence-corrected chi connectivity index (χ2v) is 7.33. The number of hydrogen-bond acceptors (Lipinski definition) is 5. The molecule has 1 saturated heterocycles. The quantitative estimate of drug-likeness (QED) is 0.683. The summed E-state index contributed by atoms with van der Waals surface area (Å²) in [6.45, 7) is 4.08. The number of para-hydroxylation sites is 1. The number of anilines is 2. The largest absolute Gasteiger partial charge is 0.457 e. The molecule has 1 aliphatic heterocycles. The van der Waals surface area contributed by atoms with Gasteiger partial charge >= 0.3 is 0 Å². The van der Waals surface area contributed by atoms with Crippen LogP contribution in [0.5, 0.6) is 11.5 Å². The number of nitrogens with one attached hydrogen (secondary N) is 1. The van der Waals surface area contributed by atoms with Gasteiger partial charge in [0.05, 0.1) is 0 Å². The fraction of sp³-hybridized carbons (Fsp3) is 0.261. The van der Waals surface area contributed by atoms with Crippen molar-refractivity contribution in [3.8, 4) is 11.5 Å². The van der Waals surface area contributed by atoms with Crippen molar-refractivity contribution >= 4 is 17.5 Å². The molecule has 4 rings (SSSR count). The average Bonchev–Trinajstić information content (AvgIpc) is 2.76. The molecule has 1 aliphatic rings. The number of aromatic nitrogens is 2. The summed E-state index contributed by atoms with van der Waals surface area (Å²) < 4.78 is 5.78. The first-order chi connectivity index (χ1) is 14.2. The van der Waals surface area contributed by atoms with E-state index in [9.17, 15) is 4.79 Å². The van der Waals surface area contributed by atoms with Crippen LogP contribution < -0.4 is 15.0 Å². The molecule has 1 fully saturated rings. The number of hydrogen-bond donors (Lipinski definition) is 1. The molecule has 0 spiro atoms. The maximum atomic E-state index is 12.6. The zero-order valence-corrected chi connectivity index (χ0v) is 16.4. The van der Waals surface area contributed by atoms with Crippen molar-refractivity contribution in [3.05, 3.63) is 72.6 Å². The Kier molecular flexibility index (Phi) is 5.70. The van der Waals surface area contributed by atoms with Crippen LogP contribution in [0, 0.1) is 5.92 Å². The van der Waals surface area contributed by atoms with Gasteiger partial charge in [-0.25, -0.2) is 9.97 Å². The van der Waals surface area contributed by atoms with Crippen LogP contribution in [0.25, 0.3) is 0 Å². The molecule has 2 aromatic carbocycles. The lowest BCUT2D eigenvalue weighted by Gasteiger charge is -2.30. The van der Waals surface area contributed by atoms with Crippen molar-refractivity contribution in [2.24, 2.45) is 5.92 Å². The Bertz CT molecular complexity index is 960. The van der Waals surface area contributed by atoms with Crippen LogP contribution in [0.3, 0.4) is 0 Å². The van der Waals surface area contributed by atoms with E-state index in [1.807, 2.05) is 54.6 Å². The molecule has 3 aromatic rings. The third-order valence-electron chi connectivity index (χ3n) is 4.91. The molecule has 2 heterocycles. The molecule has 6 nitrogen and oxygen atoms in total. The summed E-state index contributed by atoms with van der Waals surface area (Å²) in [5, 5.41) is 2.88. The molecule has 1 atom stereocenters. The molecule has 6 heteroatoms. The molecule has 29 heavy (non-hydrogen) atoms. The highest BCUT2D eigenvalue weighted by Gasteiger charge is 2.19. The molecule has 1 aromatic heterocycles. The lowest BCUT2D eigenvalue weighted by Crippen LogP contribution is -2.35. The summed E-state index contributed by atoms with van der Waals surface area (Å²) in [6.07, 6.45) is 3.99. The van der Waals surface area contributed by atoms with Gasteiger partial charge in [-0.3, -0.25) is 4.79 Å². The maximum Gasteiger partial charge on any atom is 0.274 e. The third kappa shape index (κ3) is 4.90. The van der Waals surface area contributed by atoms with Gasteiger partial charge in [0.25, 0.3) is 5.91 Å². The van der Waals surface area contributed by atoms with Crippen LogP contribution in [-0.4, -0.2) is 29.0 Å². The van der Waals surface area contributed by atoms with Crippen LogP contribution in [0.4, 0.5) is 11.6 Å². The first kappa shape index (κ1) is 18.9. The SMILES string of the molecule is CC1CCCN(c2nccc(C(=O)Nc3ccc(Oc4ccccc4)cc3)n2)C1. The van der Waals surface area contributed by atoms with E-state index in [4.69, 9.17) is 4.74 Å². The maximum absolute atomic E-state index is 12.6. The van der Waals surface area contributed by atoms with E-state index < -0.39 is 0 Å². The van der Waals surface area contributed by atoms with Gasteiger partial charge in [-0.15, -0.1) is 0 Å². The zero-order valence-electron chi connectivity index (χ0n) is 16.4. The Hall–Kier alpha value is -3.41. The van der Waals surface area contributed by atoms with Crippen molar-refractivity contribution < 1.29 is 9.53 Å². The number of benzene rings is 2. The Morgan fingerprint density at radius 2 is 1.83 bits per heavy atom. The number of ether oxygens (including phenoxy) is 1. The molecule has 0 saturated carbocycles. The Labute approximate surface area is 170 Å². The summed E-state index contributed by atoms with van der Waals surface area (Å²) in [6, 6.07) is 18.5. The molecule has 148 valence electrons. The Morgan fingerprint density at radius 1 is 1.07 bits per heavy atom. The highest BCUT2D eigenvalue weighted by Crippen LogP contribution is 2.23. The highest BCUT2D eigenvalue weighted by atomic mass is 16.5. The van der Waals surface area contributed by atoms with Gasteiger partial charge in [-0.05, 0) is 61.2 Å². The highest BCUT2D eigenvalue weighted by molar-refractivity contribution is 6.03. The first-order valence-corrected chi connectivity index (χ1v) is 9.90. The number of carbonyl (C=O) groups excluding carboxylic acids is 1. The van der Waals surface area contributed by atoms with E-state index in [2.05, 4.69) is 27.1 Å². The van der Waals surface area contributed by atoms with Crippen LogP contribution >= 0.6 is 0 Å². The molecule has 1 N–H and O–H groups in total. The third-order valence-corrected chi connectivity index (χ3v) is 4.91. The lowest BCUT2D eigenvalue weighted by molar-refractivity contribution is 0.102. The second-order valence-electron chi connectivity index (χ2n) is 7.33. The number of amides is 1. The van der Waals surface area contributed by atoms with Crippen molar-refractivity contribution in [1.29, 1.82) is 0 Å². The van der Waals surface area contributed by atoms with Gasteiger partial charge in [0, 0.05) is 25.0 Å². The van der Waals surface area contributed by atoms with Crippen molar-refractivity contribution in [3.63, 3.8) is 0 Å². The number of piperidine rings is 1. The average molecular weight is 388 g/mol. The minimum Gasteiger partial charge on any atom is -0.457 e. The summed E-state index contributed by atoms with van der Waals surface area (Å²) in [7, 11) is 0. The zero-order chi connectivity index (χ0) is 20.1. The van der Waals surface area contributed by atoms with E-state index in [-0.39, 0.29) is 5.91 Å². The fourth-order valence-corrected chi connectivity index (χ4v) is 3.42. The van der Waals surface area contributed by atoms with E-state index in [0.717, 1.165) is 25.3 Å². The second kappa shape index (κ2) is 8.73. The van der Waals surface area contributed by atoms with Crippen molar-refractivity contribution in [2.75, 3.05) is 23.3 Å². The molecular weight excluding hydrogens is 364 g/mol. The van der Waals surface area contributed by atoms with Crippen molar-refractivity contribution in [1.82, 2.24) is 9.97 Å². The lowest BCUT2D eigenvalue weighted by atomic mass is 10.0. The fourth-order valence-electron chi connectivity index (χ4n) is 3.42. The molecule has 0 radical (unpaired) electrons. The predicted octanol–water partition coefficient (Wildman–Crippen LogP) is 4.76. The van der Waals surface area contributed by atoms with Crippen LogP contribution in [0.15, 0.2) is 66.9 Å². The normalized spacial score (nSPS) is 16.3. The van der Waals surface area contributed by atoms with Crippen LogP contribution in [0.1, 0.15) is 30.3 Å². The van der Waals surface area contributed by atoms with E-state index in [1.54, 1.807) is 12.3 Å². The minimum absolute atomic E-state index is 0.254. The predicted molar refractivity (Wildman–Crippen MR) is 114 cm³/mol. The summed E-state index contributed by atoms with van der Waals surface area (Å²) in [4.78, 5) is 23.6. The molecule has 0 bridgehead atoms. The molecular formula is C23H24N4O2. The van der Waals surface area contributed by atoms with Gasteiger partial charge in [-0.2, -0.15) is 0 Å². The number of carbonyl (C=O) groups is 1. The summed E-state index contributed by atoms with van der Waals surface area (Å²) in [5.41, 5.74) is 1.04. The minimum atomic E-state index is -0.254. The smallest absolute Gasteiger partial charge is 0.274 e. The summed E-state index contributed by atoms with van der Waals surface area (Å²) in [5.74, 6) is 2.45. The molecule has 1 amide bonds. The summed E-state index contributed by atoms with van der Waals surface area (Å²) >= 11 is 0. The molecule has 0 aliphatic carbocycles. The van der Waals surface area contributed by atoms with E-state index in [0.29, 0.717) is 29.0 Å². The molecule has 1 unspecified atom stereocenters. The topological polar surface area (TPSA) is 67.4 Å². The van der Waals surface area contributed by atoms with Crippen LogP contribution in [-0.2, 0) is 0 Å². The van der Waals surface area contributed by atoms with Gasteiger partial charge in [0.1, 0.15) is 17.2 Å². The number of rotatable bonds is 5. The van der Waals surface area contributed by atoms with Crippen molar-refractivity contribution in [2.45, 2.75) is 19.8 Å². The Morgan fingerprint density at radius 3 is 2.59 bits per heavy atom. The van der Waals surface area contributed by atoms with Gasteiger partial charge in [0.15, 0.2) is 0 Å².